The first-order valence-corrected chi connectivity index (χ1v) is 10.1. The number of aromatic amines is 1. The summed E-state index contributed by atoms with van der Waals surface area (Å²) in [5.41, 5.74) is 0.781. The maximum Gasteiger partial charge on any atom is 0.316 e. The van der Waals surface area contributed by atoms with Crippen molar-refractivity contribution in [2.24, 2.45) is 7.05 Å². The lowest BCUT2D eigenvalue weighted by atomic mass is 10.0. The third-order valence-corrected chi connectivity index (χ3v) is 5.37. The predicted molar refractivity (Wildman–Crippen MR) is 120 cm³/mol. The second-order valence-corrected chi connectivity index (χ2v) is 7.31. The van der Waals surface area contributed by atoms with E-state index in [9.17, 15) is 14.4 Å². The van der Waals surface area contributed by atoms with Crippen LogP contribution in [0.4, 0.5) is 0 Å². The van der Waals surface area contributed by atoms with Crippen molar-refractivity contribution in [2.75, 3.05) is 7.11 Å². The maximum atomic E-state index is 13.2. The lowest BCUT2D eigenvalue weighted by Crippen LogP contribution is -2.36. The third kappa shape index (κ3) is 3.80. The van der Waals surface area contributed by atoms with Gasteiger partial charge in [-0.1, -0.05) is 12.1 Å². The van der Waals surface area contributed by atoms with Crippen molar-refractivity contribution in [3.8, 4) is 5.75 Å². The van der Waals surface area contributed by atoms with Crippen molar-refractivity contribution in [3.63, 3.8) is 0 Å². The van der Waals surface area contributed by atoms with Gasteiger partial charge >= 0.3 is 11.1 Å². The van der Waals surface area contributed by atoms with Crippen molar-refractivity contribution >= 4 is 16.9 Å². The Kier molecular flexibility index (Phi) is 5.63. The Balaban J connectivity index is 1.74. The summed E-state index contributed by atoms with van der Waals surface area (Å²) in [5, 5.41) is 3.03. The summed E-state index contributed by atoms with van der Waals surface area (Å²) >= 11 is 0. The second kappa shape index (κ2) is 8.54. The van der Waals surface area contributed by atoms with Gasteiger partial charge in [0.15, 0.2) is 0 Å². The summed E-state index contributed by atoms with van der Waals surface area (Å²) in [5.74, 6) is 0.968. The molecule has 4 rings (SSSR count). The molecule has 32 heavy (non-hydrogen) atoms. The number of hydrogen-bond donors (Lipinski definition) is 2. The summed E-state index contributed by atoms with van der Waals surface area (Å²) in [6.07, 6.45) is 3.47. The molecule has 1 amide bonds. The van der Waals surface area contributed by atoms with Crippen LogP contribution in [0.2, 0.25) is 0 Å². The average Bonchev–Trinajstić information content (AvgIpc) is 3.23. The zero-order valence-corrected chi connectivity index (χ0v) is 18.0. The Morgan fingerprint density at radius 2 is 2.03 bits per heavy atom. The van der Waals surface area contributed by atoms with Crippen LogP contribution >= 0.6 is 0 Å². The smallest absolute Gasteiger partial charge is 0.316 e. The highest BCUT2D eigenvalue weighted by molar-refractivity contribution is 5.97. The van der Waals surface area contributed by atoms with E-state index < -0.39 is 17.2 Å². The number of aryl methyl sites for hydroxylation is 2. The molecule has 0 fully saturated rings. The molecule has 0 saturated carbocycles. The number of rotatable bonds is 6. The average molecular weight is 433 g/mol. The molecule has 0 radical (unpaired) electrons. The Bertz CT molecular complexity index is 1420. The molecule has 0 aliphatic rings. The van der Waals surface area contributed by atoms with Gasteiger partial charge in [-0.05, 0) is 42.8 Å². The van der Waals surface area contributed by atoms with Crippen LogP contribution in [0.25, 0.3) is 11.0 Å². The van der Waals surface area contributed by atoms with Gasteiger partial charge in [-0.3, -0.25) is 14.4 Å². The second-order valence-electron chi connectivity index (χ2n) is 7.31. The normalized spacial score (nSPS) is 12.0. The molecule has 9 heteroatoms. The van der Waals surface area contributed by atoms with Crippen molar-refractivity contribution in [1.29, 1.82) is 0 Å². The maximum absolute atomic E-state index is 13.2. The van der Waals surface area contributed by atoms with Gasteiger partial charge in [0.05, 0.1) is 18.1 Å². The number of nitrogens with one attached hydrogen (secondary N) is 2. The van der Waals surface area contributed by atoms with Gasteiger partial charge in [-0.25, -0.2) is 4.98 Å². The number of imidazole rings is 1. The zero-order valence-electron chi connectivity index (χ0n) is 18.0. The molecule has 0 saturated heterocycles. The van der Waals surface area contributed by atoms with E-state index in [1.54, 1.807) is 44.6 Å². The van der Waals surface area contributed by atoms with Gasteiger partial charge in [0.1, 0.15) is 17.6 Å². The van der Waals surface area contributed by atoms with Crippen LogP contribution in [-0.4, -0.2) is 32.1 Å². The van der Waals surface area contributed by atoms with Crippen LogP contribution in [0, 0.1) is 0 Å². The number of amides is 1. The minimum absolute atomic E-state index is 0.344. The molecule has 1 unspecified atom stereocenters. The number of fused-ring (bicyclic) bond motifs is 1. The van der Waals surface area contributed by atoms with E-state index in [2.05, 4.69) is 15.3 Å². The Morgan fingerprint density at radius 1 is 1.22 bits per heavy atom. The molecule has 2 aromatic heterocycles. The molecular weight excluding hydrogens is 410 g/mol. The lowest BCUT2D eigenvalue weighted by Gasteiger charge is -2.20. The molecule has 9 nitrogen and oxygen atoms in total. The predicted octanol–water partition coefficient (Wildman–Crippen LogP) is 1.97. The van der Waals surface area contributed by atoms with Crippen LogP contribution in [0.3, 0.4) is 0 Å². The van der Waals surface area contributed by atoms with E-state index in [1.807, 2.05) is 35.9 Å². The highest BCUT2D eigenvalue weighted by Crippen LogP contribution is 2.25. The van der Waals surface area contributed by atoms with E-state index in [1.165, 1.54) is 4.57 Å². The standard InChI is InChI=1S/C23H23N5O4/c1-4-28-18-9-8-15(13-17(18)25-22(30)23(28)31)21(29)26-19(20-24-10-11-27(20)2)14-6-5-7-16(12-14)32-3/h5-13,19H,4H2,1-3H3,(H,25,30)(H,26,29). The summed E-state index contributed by atoms with van der Waals surface area (Å²) < 4.78 is 8.54. The number of aromatic nitrogens is 4. The van der Waals surface area contributed by atoms with Gasteiger partial charge in [0.2, 0.25) is 0 Å². The lowest BCUT2D eigenvalue weighted by molar-refractivity contribution is 0.0941. The van der Waals surface area contributed by atoms with Crippen LogP contribution in [-0.2, 0) is 13.6 Å². The monoisotopic (exact) mass is 433 g/mol. The highest BCUT2D eigenvalue weighted by Gasteiger charge is 2.22. The van der Waals surface area contributed by atoms with E-state index in [0.717, 1.165) is 5.56 Å². The Morgan fingerprint density at radius 3 is 2.72 bits per heavy atom. The first-order chi connectivity index (χ1) is 15.4. The van der Waals surface area contributed by atoms with Crippen molar-refractivity contribution in [3.05, 3.63) is 92.5 Å². The number of carbonyl (C=O) groups is 1. The fourth-order valence-electron chi connectivity index (χ4n) is 3.72. The molecule has 0 aliphatic carbocycles. The molecule has 0 spiro atoms. The summed E-state index contributed by atoms with van der Waals surface area (Å²) in [6.45, 7) is 2.13. The Labute approximate surface area is 183 Å². The summed E-state index contributed by atoms with van der Waals surface area (Å²) in [6, 6.07) is 11.7. The van der Waals surface area contributed by atoms with E-state index >= 15 is 0 Å². The zero-order chi connectivity index (χ0) is 22.8. The molecule has 2 aromatic carbocycles. The first-order valence-electron chi connectivity index (χ1n) is 10.1. The fraction of sp³-hybridized carbons (Fsp3) is 0.217. The quantitative estimate of drug-likeness (QED) is 0.452. The van der Waals surface area contributed by atoms with Crippen LogP contribution < -0.4 is 21.2 Å². The van der Waals surface area contributed by atoms with E-state index in [0.29, 0.717) is 34.7 Å². The van der Waals surface area contributed by atoms with Crippen LogP contribution in [0.15, 0.2) is 64.4 Å². The molecule has 0 aliphatic heterocycles. The SMILES string of the molecule is CCn1c(=O)c(=O)[nH]c2cc(C(=O)NC(c3cccc(OC)c3)c3nccn3C)ccc21. The number of carbonyl (C=O) groups excluding carboxylic acids is 1. The Hall–Kier alpha value is -4.14. The third-order valence-electron chi connectivity index (χ3n) is 5.37. The number of ether oxygens (including phenoxy) is 1. The number of hydrogen-bond acceptors (Lipinski definition) is 5. The molecule has 4 aromatic rings. The minimum atomic E-state index is -0.723. The fourth-order valence-corrected chi connectivity index (χ4v) is 3.72. The van der Waals surface area contributed by atoms with Gasteiger partial charge in [0, 0.05) is 31.5 Å². The minimum Gasteiger partial charge on any atom is -0.497 e. The molecule has 164 valence electrons. The number of methoxy groups -OCH3 is 1. The summed E-state index contributed by atoms with van der Waals surface area (Å²) in [4.78, 5) is 44.2. The van der Waals surface area contributed by atoms with Gasteiger partial charge in [0.25, 0.3) is 5.91 Å². The van der Waals surface area contributed by atoms with Crippen molar-refractivity contribution in [2.45, 2.75) is 19.5 Å². The number of benzene rings is 2. The number of nitrogens with zero attached hydrogens (tertiary/aromatic N) is 3. The topological polar surface area (TPSA) is 111 Å². The van der Waals surface area contributed by atoms with E-state index in [4.69, 9.17) is 4.74 Å². The first kappa shape index (κ1) is 21.1. The summed E-state index contributed by atoms with van der Waals surface area (Å²) in [7, 11) is 3.44. The molecule has 1 atom stereocenters. The number of H-pyrrole nitrogens is 1. The van der Waals surface area contributed by atoms with Crippen LogP contribution in [0.1, 0.15) is 34.7 Å². The molecule has 2 N–H and O–H groups in total. The molecule has 2 heterocycles. The van der Waals surface area contributed by atoms with Gasteiger partial charge < -0.3 is 24.2 Å². The van der Waals surface area contributed by atoms with Crippen molar-refractivity contribution in [1.82, 2.24) is 24.4 Å². The van der Waals surface area contributed by atoms with E-state index in [-0.39, 0.29) is 5.91 Å². The van der Waals surface area contributed by atoms with Crippen molar-refractivity contribution < 1.29 is 9.53 Å². The van der Waals surface area contributed by atoms with Gasteiger partial charge in [-0.2, -0.15) is 0 Å². The molecule has 0 bridgehead atoms. The highest BCUT2D eigenvalue weighted by atomic mass is 16.5. The van der Waals surface area contributed by atoms with Crippen LogP contribution in [0.5, 0.6) is 5.75 Å². The molecular formula is C23H23N5O4. The largest absolute Gasteiger partial charge is 0.497 e. The van der Waals surface area contributed by atoms with Gasteiger partial charge in [-0.15, -0.1) is 0 Å².